The van der Waals surface area contributed by atoms with Crippen LogP contribution in [0.5, 0.6) is 0 Å². The first-order valence-corrected chi connectivity index (χ1v) is 23.3. The summed E-state index contributed by atoms with van der Waals surface area (Å²) in [6.45, 7) is 6.82. The lowest BCUT2D eigenvalue weighted by molar-refractivity contribution is -0.132. The van der Waals surface area contributed by atoms with Gasteiger partial charge < -0.3 is 55.8 Å². The van der Waals surface area contributed by atoms with Crippen LogP contribution in [0.15, 0.2) is 71.8 Å². The minimum absolute atomic E-state index is 0.0396. The molecule has 1 saturated carbocycles. The Balaban J connectivity index is 1.11. The smallest absolute Gasteiger partial charge is 0.274 e. The number of ether oxygens (including phenoxy) is 2. The maximum Gasteiger partial charge on any atom is 0.274 e. The molecule has 7 N–H and O–H groups in total. The molecule has 2 aromatic carbocycles. The van der Waals surface area contributed by atoms with Gasteiger partial charge in [-0.05, 0) is 74.8 Å². The average molecular weight is 928 g/mol. The molecular weight excluding hydrogens is 867 g/mol. The third-order valence-electron chi connectivity index (χ3n) is 13.4. The molecule has 0 spiro atoms. The van der Waals surface area contributed by atoms with E-state index in [2.05, 4.69) is 55.0 Å². The number of amides is 4. The van der Waals surface area contributed by atoms with Crippen LogP contribution < -0.4 is 37.5 Å². The van der Waals surface area contributed by atoms with E-state index in [1.54, 1.807) is 17.8 Å². The molecule has 8 rings (SSSR count). The molecule has 3 aromatic heterocycles. The van der Waals surface area contributed by atoms with E-state index in [9.17, 15) is 24.0 Å². The van der Waals surface area contributed by atoms with Crippen molar-refractivity contribution in [1.29, 1.82) is 0 Å². The van der Waals surface area contributed by atoms with Gasteiger partial charge in [-0.2, -0.15) is 0 Å². The summed E-state index contributed by atoms with van der Waals surface area (Å²) < 4.78 is 15.1. The van der Waals surface area contributed by atoms with Gasteiger partial charge in [0, 0.05) is 80.5 Å². The van der Waals surface area contributed by atoms with Crippen molar-refractivity contribution in [3.8, 4) is 23.5 Å². The normalized spacial score (nSPS) is 17.8. The van der Waals surface area contributed by atoms with Crippen molar-refractivity contribution in [2.45, 2.75) is 88.1 Å². The van der Waals surface area contributed by atoms with Crippen molar-refractivity contribution < 1.29 is 28.7 Å². The van der Waals surface area contributed by atoms with Gasteiger partial charge in [0.1, 0.15) is 18.3 Å². The van der Waals surface area contributed by atoms with Crippen molar-refractivity contribution in [3.05, 3.63) is 88.6 Å². The van der Waals surface area contributed by atoms with Crippen molar-refractivity contribution in [1.82, 2.24) is 45.7 Å². The van der Waals surface area contributed by atoms with Crippen LogP contribution in [0.3, 0.4) is 0 Å². The molecule has 18 nitrogen and oxygen atoms in total. The van der Waals surface area contributed by atoms with E-state index in [-0.39, 0.29) is 30.5 Å². The molecule has 3 fully saturated rings. The van der Waals surface area contributed by atoms with Gasteiger partial charge in [0.15, 0.2) is 5.60 Å². The van der Waals surface area contributed by atoms with Crippen LogP contribution >= 0.6 is 0 Å². The monoisotopic (exact) mass is 927 g/mol. The van der Waals surface area contributed by atoms with Crippen LogP contribution in [0.25, 0.3) is 32.9 Å². The number of anilines is 1. The van der Waals surface area contributed by atoms with Gasteiger partial charge in [0.2, 0.25) is 29.6 Å². The third kappa shape index (κ3) is 10.9. The fraction of sp³-hybridized carbons (Fsp3) is 0.460. The summed E-state index contributed by atoms with van der Waals surface area (Å²) in [5.41, 5.74) is 8.19. The van der Waals surface area contributed by atoms with Gasteiger partial charge in [-0.15, -0.1) is 6.42 Å². The number of nitrogens with two attached hydrogens (primary N) is 1. The number of piperidine rings is 2. The number of primary amides is 1. The number of fused-ring (bicyclic) bond motifs is 2. The van der Waals surface area contributed by atoms with Crippen LogP contribution in [-0.4, -0.2) is 124 Å². The van der Waals surface area contributed by atoms with Gasteiger partial charge >= 0.3 is 0 Å². The maximum absolute atomic E-state index is 13.1. The number of aromatic nitrogens is 4. The number of nitrogens with zero attached hydrogens (tertiary/aromatic N) is 5. The number of nitrogens with one attached hydrogen (secondary N) is 5. The summed E-state index contributed by atoms with van der Waals surface area (Å²) in [6, 6.07) is 17.0. The Morgan fingerprint density at radius 2 is 1.75 bits per heavy atom. The van der Waals surface area contributed by atoms with Crippen molar-refractivity contribution in [2.75, 3.05) is 57.5 Å². The highest BCUT2D eigenvalue weighted by Gasteiger charge is 2.45. The Hall–Kier alpha value is -6.65. The second-order valence-corrected chi connectivity index (χ2v) is 18.4. The highest BCUT2D eigenvalue weighted by molar-refractivity contribution is 5.97. The minimum Gasteiger partial charge on any atom is -0.370 e. The summed E-state index contributed by atoms with van der Waals surface area (Å²) >= 11 is 0. The lowest BCUT2D eigenvalue weighted by Gasteiger charge is -2.45. The fourth-order valence-corrected chi connectivity index (χ4v) is 9.45. The first-order valence-electron chi connectivity index (χ1n) is 23.3. The van der Waals surface area contributed by atoms with Gasteiger partial charge in [-0.1, -0.05) is 42.3 Å². The van der Waals surface area contributed by atoms with Crippen LogP contribution in [0.1, 0.15) is 70.1 Å². The zero-order chi connectivity index (χ0) is 48.0. The molecule has 5 aromatic rings. The molecular formula is C50H61N11O7. The predicted octanol–water partition coefficient (Wildman–Crippen LogP) is 2.53. The number of hydrogen-bond donors (Lipinski definition) is 6. The Labute approximate surface area is 395 Å². The molecule has 5 heterocycles. The quantitative estimate of drug-likeness (QED) is 0.0399. The van der Waals surface area contributed by atoms with Crippen molar-refractivity contribution >= 4 is 51.4 Å². The van der Waals surface area contributed by atoms with Crippen molar-refractivity contribution in [3.63, 3.8) is 0 Å². The molecule has 1 aliphatic carbocycles. The second-order valence-electron chi connectivity index (χ2n) is 18.4. The molecule has 18 heteroatoms. The van der Waals surface area contributed by atoms with E-state index >= 15 is 0 Å². The van der Waals surface area contributed by atoms with Crippen LogP contribution in [0, 0.1) is 12.3 Å². The number of carbonyl (C=O) groups is 4. The van der Waals surface area contributed by atoms with E-state index in [0.29, 0.717) is 35.3 Å². The number of benzene rings is 2. The molecule has 0 bridgehead atoms. The Kier molecular flexibility index (Phi) is 14.6. The topological polar surface area (TPSA) is 231 Å². The zero-order valence-electron chi connectivity index (χ0n) is 38.9. The molecule has 358 valence electrons. The summed E-state index contributed by atoms with van der Waals surface area (Å²) in [4.78, 5) is 80.9. The van der Waals surface area contributed by atoms with Gasteiger partial charge in [-0.25, -0.2) is 9.97 Å². The second kappa shape index (κ2) is 20.7. The number of likely N-dealkylation sites (tertiary alicyclic amines) is 1. The summed E-state index contributed by atoms with van der Waals surface area (Å²) in [5.74, 6) is 0.689. The summed E-state index contributed by atoms with van der Waals surface area (Å²) in [7, 11) is 1.73. The van der Waals surface area contributed by atoms with Crippen LogP contribution in [0.4, 0.5) is 5.95 Å². The van der Waals surface area contributed by atoms with Gasteiger partial charge in [0.05, 0.1) is 43.4 Å². The van der Waals surface area contributed by atoms with Crippen LogP contribution in [0.2, 0.25) is 0 Å². The highest BCUT2D eigenvalue weighted by Crippen LogP contribution is 2.44. The highest BCUT2D eigenvalue weighted by atomic mass is 16.6. The first-order chi connectivity index (χ1) is 32.8. The summed E-state index contributed by atoms with van der Waals surface area (Å²) in [5, 5.41) is 12.6. The lowest BCUT2D eigenvalue weighted by atomic mass is 9.87. The fourth-order valence-electron chi connectivity index (χ4n) is 9.45. The number of aryl methyl sites for hydroxylation is 1. The number of H-pyrrole nitrogens is 1. The van der Waals surface area contributed by atoms with E-state index in [1.807, 2.05) is 54.7 Å². The summed E-state index contributed by atoms with van der Waals surface area (Å²) in [6.07, 6.45) is 14.3. The third-order valence-corrected chi connectivity index (χ3v) is 13.4. The minimum atomic E-state index is -1.30. The first kappa shape index (κ1) is 47.8. The average Bonchev–Trinajstić information content (AvgIpc) is 4.02. The zero-order valence-corrected chi connectivity index (χ0v) is 38.9. The SMILES string of the molecule is C#CCNC1(C)CCN(C2CCN(c3nc(C(COCNC(=O)CNC(=O)C(CC(N)=O)NC(C)=O)(OC4CC4)c4ccccc4)c4cc(-c5cn(C)c(=O)c6[nH]ccc56)ccc4n3)CC2)CC1. The Morgan fingerprint density at radius 1 is 1.00 bits per heavy atom. The molecule has 2 saturated heterocycles. The Bertz CT molecular complexity index is 2730. The van der Waals surface area contributed by atoms with Gasteiger partial charge in [-0.3, -0.25) is 24.0 Å². The number of rotatable bonds is 19. The number of aromatic amines is 1. The maximum atomic E-state index is 13.1. The van der Waals surface area contributed by atoms with E-state index in [4.69, 9.17) is 31.6 Å². The van der Waals surface area contributed by atoms with Gasteiger partial charge in [0.25, 0.3) is 5.56 Å². The van der Waals surface area contributed by atoms with E-state index in [1.165, 1.54) is 6.92 Å². The van der Waals surface area contributed by atoms with E-state index in [0.717, 1.165) is 92.2 Å². The molecule has 3 aliphatic rings. The lowest BCUT2D eigenvalue weighted by Crippen LogP contribution is -2.55. The number of hydrogen-bond acceptors (Lipinski definition) is 12. The van der Waals surface area contributed by atoms with E-state index < -0.39 is 48.2 Å². The predicted molar refractivity (Wildman–Crippen MR) is 258 cm³/mol. The van der Waals surface area contributed by atoms with Crippen molar-refractivity contribution in [2.24, 2.45) is 12.8 Å². The largest absolute Gasteiger partial charge is 0.370 e. The number of pyridine rings is 1. The molecule has 68 heavy (non-hydrogen) atoms. The molecule has 4 amide bonds. The number of carbonyl (C=O) groups excluding carboxylic acids is 4. The van der Waals surface area contributed by atoms with Crippen LogP contribution in [-0.2, 0) is 41.3 Å². The molecule has 0 radical (unpaired) electrons. The molecule has 2 aliphatic heterocycles. The Morgan fingerprint density at radius 3 is 2.44 bits per heavy atom. The standard InChI is InChI=1S/C50H61N11O7/c1-5-20-55-49(3)18-24-60(25-19-49)35-16-22-61(23-17-35)48-57-40-14-11-33(39-29-59(4)47(66)44-37(39)15-21-52-44)26-38(40)45(58-48)50(68-36-12-13-36,34-9-7-6-8-10-34)30-67-31-54-43(64)28-53-46(65)41(27-42(51)63)56-32(2)62/h1,6-11,14-15,21,26,29,35-36,41,52,55H,12-13,16-20,22-25,27-28,30-31H2,2-4H3,(H2,51,63)(H,53,65)(H,54,64)(H,56,62). The number of terminal acetylenes is 1. The molecule has 2 unspecified atom stereocenters. The molecule has 2 atom stereocenters.